The summed E-state index contributed by atoms with van der Waals surface area (Å²) in [5.41, 5.74) is 0.294. The molecule has 1 aromatic heterocycles. The van der Waals surface area contributed by atoms with Gasteiger partial charge in [-0.05, 0) is 6.92 Å². The molecule has 18 heavy (non-hydrogen) atoms. The van der Waals surface area contributed by atoms with Gasteiger partial charge in [0.15, 0.2) is 18.5 Å². The topological polar surface area (TPSA) is 93.2 Å². The maximum absolute atomic E-state index is 12.0. The van der Waals surface area contributed by atoms with Gasteiger partial charge in [0.25, 0.3) is 10.0 Å². The summed E-state index contributed by atoms with van der Waals surface area (Å²) >= 11 is 6.47. The summed E-state index contributed by atoms with van der Waals surface area (Å²) in [4.78, 5) is 3.81. The Morgan fingerprint density at radius 1 is 1.56 bits per heavy atom. The summed E-state index contributed by atoms with van der Waals surface area (Å²) in [5.74, 6) is -0.266. The molecule has 0 amide bonds. The van der Waals surface area contributed by atoms with Crippen LogP contribution in [0, 0.1) is 6.92 Å². The van der Waals surface area contributed by atoms with Crippen LogP contribution in [0.15, 0.2) is 15.7 Å². The van der Waals surface area contributed by atoms with Crippen LogP contribution in [-0.2, 0) is 19.9 Å². The molecule has 0 radical (unpaired) electrons. The van der Waals surface area contributed by atoms with E-state index in [4.69, 9.17) is 11.6 Å². The zero-order chi connectivity index (χ0) is 13.6. The molecule has 0 aromatic carbocycles. The standard InChI is InChI=1S/C8H9ClN2O4S3/c1-5-7(16-8(9)10-5)18(14,15)11-6-2-3-17(12,13)4-6/h2-3,6,11H,4H2,1H3. The fraction of sp³-hybridized carbons (Fsp3) is 0.375. The minimum atomic E-state index is -3.80. The number of aromatic nitrogens is 1. The van der Waals surface area contributed by atoms with Crippen molar-refractivity contribution >= 4 is 42.8 Å². The van der Waals surface area contributed by atoms with Gasteiger partial charge in [-0.2, -0.15) is 0 Å². The smallest absolute Gasteiger partial charge is 0.229 e. The first-order valence-corrected chi connectivity index (χ1v) is 9.15. The summed E-state index contributed by atoms with van der Waals surface area (Å²) in [7, 11) is -7.10. The molecule has 1 atom stereocenters. The Balaban J connectivity index is 2.24. The van der Waals surface area contributed by atoms with E-state index in [0.717, 1.165) is 16.7 Å². The second-order valence-corrected chi connectivity index (χ2v) is 9.15. The number of halogens is 1. The van der Waals surface area contributed by atoms with Crippen LogP contribution in [0.4, 0.5) is 0 Å². The zero-order valence-corrected chi connectivity index (χ0v) is 12.3. The van der Waals surface area contributed by atoms with Crippen LogP contribution < -0.4 is 4.72 Å². The maximum Gasteiger partial charge on any atom is 0.252 e. The van der Waals surface area contributed by atoms with Crippen LogP contribution in [0.2, 0.25) is 4.47 Å². The van der Waals surface area contributed by atoms with E-state index in [2.05, 4.69) is 9.71 Å². The quantitative estimate of drug-likeness (QED) is 0.881. The van der Waals surface area contributed by atoms with Crippen LogP contribution in [0.25, 0.3) is 0 Å². The summed E-state index contributed by atoms with van der Waals surface area (Å²) in [6.45, 7) is 1.53. The number of aryl methyl sites for hydroxylation is 1. The number of thiazole rings is 1. The van der Waals surface area contributed by atoms with Gasteiger partial charge in [-0.1, -0.05) is 29.0 Å². The van der Waals surface area contributed by atoms with Gasteiger partial charge in [0.1, 0.15) is 0 Å². The average molecular weight is 329 g/mol. The molecule has 6 nitrogen and oxygen atoms in total. The van der Waals surface area contributed by atoms with Crippen molar-refractivity contribution in [2.75, 3.05) is 5.75 Å². The summed E-state index contributed by atoms with van der Waals surface area (Å²) < 4.78 is 48.8. The Morgan fingerprint density at radius 2 is 2.22 bits per heavy atom. The predicted molar refractivity (Wildman–Crippen MR) is 68.9 cm³/mol. The minimum Gasteiger partial charge on any atom is -0.229 e. The molecule has 1 unspecified atom stereocenters. The van der Waals surface area contributed by atoms with Gasteiger partial charge in [-0.15, -0.1) is 0 Å². The highest BCUT2D eigenvalue weighted by atomic mass is 35.5. The summed E-state index contributed by atoms with van der Waals surface area (Å²) in [6.07, 6.45) is 1.31. The van der Waals surface area contributed by atoms with E-state index in [9.17, 15) is 16.8 Å². The lowest BCUT2D eigenvalue weighted by Crippen LogP contribution is -2.35. The van der Waals surface area contributed by atoms with Crippen molar-refractivity contribution in [3.63, 3.8) is 0 Å². The Bertz CT molecular complexity index is 705. The van der Waals surface area contributed by atoms with Crippen molar-refractivity contribution in [2.45, 2.75) is 17.2 Å². The Morgan fingerprint density at radius 3 is 2.67 bits per heavy atom. The lowest BCUT2D eigenvalue weighted by atomic mass is 10.4. The molecule has 1 N–H and O–H groups in total. The Labute approximate surface area is 114 Å². The number of rotatable bonds is 3. The summed E-state index contributed by atoms with van der Waals surface area (Å²) in [6, 6.07) is -0.750. The normalized spacial score (nSPS) is 22.4. The second-order valence-electron chi connectivity index (χ2n) is 3.73. The monoisotopic (exact) mass is 328 g/mol. The zero-order valence-electron chi connectivity index (χ0n) is 9.12. The molecule has 0 bridgehead atoms. The molecule has 0 aliphatic carbocycles. The molecule has 0 saturated heterocycles. The van der Waals surface area contributed by atoms with E-state index in [1.165, 1.54) is 13.0 Å². The molecule has 2 heterocycles. The number of sulfone groups is 1. The number of nitrogens with one attached hydrogen (secondary N) is 1. The van der Waals surface area contributed by atoms with Gasteiger partial charge in [-0.25, -0.2) is 26.5 Å². The fourth-order valence-corrected chi connectivity index (χ4v) is 5.79. The van der Waals surface area contributed by atoms with Crippen molar-refractivity contribution in [1.82, 2.24) is 9.71 Å². The highest BCUT2D eigenvalue weighted by Crippen LogP contribution is 2.27. The van der Waals surface area contributed by atoms with Gasteiger partial charge in [-0.3, -0.25) is 0 Å². The molecule has 0 saturated carbocycles. The highest BCUT2D eigenvalue weighted by molar-refractivity contribution is 7.94. The highest BCUT2D eigenvalue weighted by Gasteiger charge is 2.29. The average Bonchev–Trinajstić information content (AvgIpc) is 2.69. The molecule has 1 aliphatic rings. The predicted octanol–water partition coefficient (Wildman–Crippen LogP) is 0.694. The van der Waals surface area contributed by atoms with Gasteiger partial charge in [0.05, 0.1) is 17.5 Å². The van der Waals surface area contributed by atoms with Crippen LogP contribution in [0.3, 0.4) is 0 Å². The van der Waals surface area contributed by atoms with E-state index in [-0.39, 0.29) is 14.4 Å². The number of sulfonamides is 1. The molecule has 100 valence electrons. The lowest BCUT2D eigenvalue weighted by molar-refractivity contribution is 0.576. The first kappa shape index (κ1) is 13.9. The molecular weight excluding hydrogens is 320 g/mol. The SMILES string of the molecule is Cc1nc(Cl)sc1S(=O)(=O)NC1C=CS(=O)(=O)C1. The molecule has 2 rings (SSSR count). The largest absolute Gasteiger partial charge is 0.252 e. The molecule has 0 spiro atoms. The van der Waals surface area contributed by atoms with E-state index in [0.29, 0.717) is 5.69 Å². The maximum atomic E-state index is 12.0. The number of hydrogen-bond donors (Lipinski definition) is 1. The molecule has 10 heteroatoms. The minimum absolute atomic E-state index is 0.00481. The molecule has 1 aliphatic heterocycles. The number of nitrogens with zero attached hydrogens (tertiary/aromatic N) is 1. The van der Waals surface area contributed by atoms with Gasteiger partial charge < -0.3 is 0 Å². The Kier molecular flexibility index (Phi) is 3.54. The van der Waals surface area contributed by atoms with Crippen LogP contribution in [0.1, 0.15) is 5.69 Å². The fourth-order valence-electron chi connectivity index (χ4n) is 1.50. The van der Waals surface area contributed by atoms with Crippen LogP contribution >= 0.6 is 22.9 Å². The van der Waals surface area contributed by atoms with Crippen molar-refractivity contribution in [2.24, 2.45) is 0 Å². The Hall–Kier alpha value is -0.480. The second kappa shape index (κ2) is 4.57. The third kappa shape index (κ3) is 2.91. The lowest BCUT2D eigenvalue weighted by Gasteiger charge is -2.09. The molecule has 0 fully saturated rings. The first-order valence-electron chi connectivity index (χ1n) is 4.76. The third-order valence-electron chi connectivity index (χ3n) is 2.21. The van der Waals surface area contributed by atoms with Gasteiger partial charge in [0, 0.05) is 5.41 Å². The van der Waals surface area contributed by atoms with E-state index in [1.54, 1.807) is 0 Å². The van der Waals surface area contributed by atoms with E-state index < -0.39 is 25.9 Å². The third-order valence-corrected chi connectivity index (χ3v) is 6.97. The summed E-state index contributed by atoms with van der Waals surface area (Å²) in [5, 5.41) is 1.01. The molecular formula is C8H9ClN2O4S3. The van der Waals surface area contributed by atoms with Crippen molar-refractivity contribution < 1.29 is 16.8 Å². The first-order chi connectivity index (χ1) is 8.20. The van der Waals surface area contributed by atoms with Crippen molar-refractivity contribution in [3.8, 4) is 0 Å². The molecule has 1 aromatic rings. The van der Waals surface area contributed by atoms with Gasteiger partial charge in [0.2, 0.25) is 0 Å². The van der Waals surface area contributed by atoms with Crippen LogP contribution in [0.5, 0.6) is 0 Å². The van der Waals surface area contributed by atoms with Crippen LogP contribution in [-0.4, -0.2) is 33.6 Å². The van der Waals surface area contributed by atoms with Crippen molar-refractivity contribution in [3.05, 3.63) is 21.6 Å². The van der Waals surface area contributed by atoms with Gasteiger partial charge >= 0.3 is 0 Å². The van der Waals surface area contributed by atoms with E-state index >= 15 is 0 Å². The van der Waals surface area contributed by atoms with E-state index in [1.807, 2.05) is 0 Å². The number of hydrogen-bond acceptors (Lipinski definition) is 6. The van der Waals surface area contributed by atoms with Crippen molar-refractivity contribution in [1.29, 1.82) is 0 Å².